The Balaban J connectivity index is 1.34. The minimum absolute atomic E-state index is 0.0263. The molecule has 14 heteroatoms. The van der Waals surface area contributed by atoms with Gasteiger partial charge in [-0.15, -0.1) is 0 Å². The van der Waals surface area contributed by atoms with Crippen molar-refractivity contribution in [3.63, 3.8) is 0 Å². The zero-order chi connectivity index (χ0) is 31.0. The molecule has 244 valence electrons. The van der Waals surface area contributed by atoms with Gasteiger partial charge in [-0.25, -0.2) is 18.4 Å². The summed E-state index contributed by atoms with van der Waals surface area (Å²) in [4.78, 5) is 32.2. The summed E-state index contributed by atoms with van der Waals surface area (Å²) in [7, 11) is 0. The van der Waals surface area contributed by atoms with Crippen molar-refractivity contribution in [1.29, 1.82) is 0 Å². The standard InChI is InChI=1S/C29H49F2N7O5/c1-14-7-8-18(30)20-22-19(31)11-17-24(36-10-9-35(12-15(36)2)28(40)43-29(4,5)6)34-27(39)37(26(17)38(22)41)21-16(3)32-13-33-25(21)42-23(14)20/h14-26,32-33,38H,7-13H2,1-6H3,(H,34,39)/t14?,15-,16?,17?,18?,19?,20?,21?,22?,23?,24?,25?,26?/m0/s1. The van der Waals surface area contributed by atoms with Gasteiger partial charge >= 0.3 is 12.1 Å². The molecule has 2 bridgehead atoms. The van der Waals surface area contributed by atoms with Crippen LogP contribution in [0.5, 0.6) is 0 Å². The monoisotopic (exact) mass is 613 g/mol. The molecule has 43 heavy (non-hydrogen) atoms. The molecule has 5 aliphatic heterocycles. The number of ether oxygens (including phenoxy) is 2. The van der Waals surface area contributed by atoms with Gasteiger partial charge in [0, 0.05) is 38.4 Å². The van der Waals surface area contributed by atoms with E-state index >= 15 is 8.78 Å². The Morgan fingerprint density at radius 1 is 1.12 bits per heavy atom. The third kappa shape index (κ3) is 5.50. The molecule has 0 radical (unpaired) electrons. The third-order valence-corrected chi connectivity index (χ3v) is 10.7. The van der Waals surface area contributed by atoms with Crippen molar-refractivity contribution in [2.45, 2.75) is 128 Å². The van der Waals surface area contributed by atoms with E-state index in [0.29, 0.717) is 32.7 Å². The first-order chi connectivity index (χ1) is 20.3. The van der Waals surface area contributed by atoms with Gasteiger partial charge < -0.3 is 30.0 Å². The molecule has 6 aliphatic rings. The number of carbonyl (C=O) groups excluding carboxylic acids is 2. The molecule has 14 atom stereocenters. The molecule has 0 aromatic carbocycles. The number of nitrogens with one attached hydrogen (secondary N) is 4. The van der Waals surface area contributed by atoms with Gasteiger partial charge in [0.1, 0.15) is 24.0 Å². The van der Waals surface area contributed by atoms with Gasteiger partial charge in [-0.1, -0.05) is 6.92 Å². The fraction of sp³-hybridized carbons (Fsp3) is 0.931. The van der Waals surface area contributed by atoms with E-state index in [0.717, 1.165) is 0 Å². The van der Waals surface area contributed by atoms with Crippen LogP contribution in [0.2, 0.25) is 0 Å². The number of nitrogens with zero attached hydrogens (tertiary/aromatic N) is 3. The number of halogens is 2. The molecule has 4 N–H and O–H groups in total. The number of piperazine rings is 1. The molecule has 1 aliphatic carbocycles. The molecular weight excluding hydrogens is 564 g/mol. The van der Waals surface area contributed by atoms with Crippen LogP contribution in [-0.4, -0.2) is 120 Å². The summed E-state index contributed by atoms with van der Waals surface area (Å²) in [6.07, 6.45) is -5.25. The molecule has 3 amide bonds. The summed E-state index contributed by atoms with van der Waals surface area (Å²) in [5.74, 6) is -1.52. The normalized spacial score (nSPS) is 47.3. The maximum atomic E-state index is 16.4. The molecule has 0 aromatic rings. The Labute approximate surface area is 252 Å². The number of hydrogen-bond acceptors (Lipinski definition) is 8. The zero-order valence-electron chi connectivity index (χ0n) is 26.1. The van der Waals surface area contributed by atoms with Crippen molar-refractivity contribution in [2.24, 2.45) is 17.8 Å². The number of hydrogen-bond donors (Lipinski definition) is 4. The first kappa shape index (κ1) is 31.2. The van der Waals surface area contributed by atoms with Gasteiger partial charge in [-0.2, -0.15) is 0 Å². The highest BCUT2D eigenvalue weighted by Gasteiger charge is 2.63. The molecule has 6 rings (SSSR count). The molecule has 6 fully saturated rings. The van der Waals surface area contributed by atoms with Crippen LogP contribution in [0.4, 0.5) is 18.4 Å². The highest BCUT2D eigenvalue weighted by molar-refractivity contribution is 5.76. The molecule has 5 heterocycles. The lowest BCUT2D eigenvalue weighted by Gasteiger charge is -2.60. The summed E-state index contributed by atoms with van der Waals surface area (Å²) in [5, 5.41) is 24.0. The summed E-state index contributed by atoms with van der Waals surface area (Å²) >= 11 is 0. The van der Waals surface area contributed by atoms with E-state index in [9.17, 15) is 14.8 Å². The van der Waals surface area contributed by atoms with Crippen LogP contribution in [0.3, 0.4) is 0 Å². The maximum Gasteiger partial charge on any atom is 0.410 e. The second kappa shape index (κ2) is 11.5. The molecule has 12 nitrogen and oxygen atoms in total. The first-order valence-electron chi connectivity index (χ1n) is 16.0. The largest absolute Gasteiger partial charge is 0.632 e. The number of piperidine rings is 1. The van der Waals surface area contributed by atoms with Crippen LogP contribution in [0.15, 0.2) is 0 Å². The smallest absolute Gasteiger partial charge is 0.410 e. The van der Waals surface area contributed by atoms with E-state index in [1.54, 1.807) is 9.80 Å². The SMILES string of the molecule is CC1CCC(F)C2C1OC1NCNC(C)C1N1C(=O)NC(N3CCN(C(=O)OC(C)(C)C)C[C@@H]3C)C3CC(F)C2[NH+]([O-])C31. The van der Waals surface area contributed by atoms with E-state index in [-0.39, 0.29) is 30.8 Å². The second-order valence-corrected chi connectivity index (χ2v) is 14.6. The van der Waals surface area contributed by atoms with Crippen LogP contribution in [0, 0.1) is 23.0 Å². The Bertz CT molecular complexity index is 1070. The Hall–Kier alpha value is -1.84. The molecule has 0 spiro atoms. The number of quaternary nitrogens is 1. The van der Waals surface area contributed by atoms with Crippen molar-refractivity contribution >= 4 is 12.1 Å². The van der Waals surface area contributed by atoms with Crippen molar-refractivity contribution in [3.8, 4) is 0 Å². The van der Waals surface area contributed by atoms with E-state index in [4.69, 9.17) is 9.47 Å². The van der Waals surface area contributed by atoms with Crippen molar-refractivity contribution < 1.29 is 32.9 Å². The number of urea groups is 1. The van der Waals surface area contributed by atoms with Crippen LogP contribution in [-0.2, 0) is 9.47 Å². The van der Waals surface area contributed by atoms with Crippen LogP contribution < -0.4 is 21.0 Å². The van der Waals surface area contributed by atoms with Gasteiger partial charge in [0.15, 0.2) is 12.3 Å². The maximum absolute atomic E-state index is 16.4. The number of fused-ring (bicyclic) bond motifs is 5. The summed E-state index contributed by atoms with van der Waals surface area (Å²) in [6.45, 7) is 13.0. The van der Waals surface area contributed by atoms with Crippen molar-refractivity contribution in [3.05, 3.63) is 5.21 Å². The topological polar surface area (TPSA) is 126 Å². The average Bonchev–Trinajstić information content (AvgIpc) is 2.95. The van der Waals surface area contributed by atoms with E-state index in [1.807, 2.05) is 41.5 Å². The number of amides is 3. The lowest BCUT2D eigenvalue weighted by molar-refractivity contribution is -0.933. The zero-order valence-corrected chi connectivity index (χ0v) is 26.1. The van der Waals surface area contributed by atoms with E-state index < -0.39 is 83.7 Å². The van der Waals surface area contributed by atoms with Gasteiger partial charge in [0.25, 0.3) is 0 Å². The molecule has 5 saturated heterocycles. The van der Waals surface area contributed by atoms with Gasteiger partial charge in [0.2, 0.25) is 0 Å². The van der Waals surface area contributed by atoms with E-state index in [1.165, 1.54) is 0 Å². The average molecular weight is 614 g/mol. The Morgan fingerprint density at radius 2 is 1.86 bits per heavy atom. The van der Waals surface area contributed by atoms with Gasteiger partial charge in [-0.05, 0) is 59.8 Å². The number of carbonyl (C=O) groups is 2. The van der Waals surface area contributed by atoms with Crippen LogP contribution in [0.1, 0.15) is 60.8 Å². The Kier molecular flexibility index (Phi) is 8.34. The lowest BCUT2D eigenvalue weighted by Crippen LogP contribution is -3.22. The second-order valence-electron chi connectivity index (χ2n) is 14.6. The summed E-state index contributed by atoms with van der Waals surface area (Å²) in [5.41, 5.74) is -0.625. The minimum atomic E-state index is -1.56. The summed E-state index contributed by atoms with van der Waals surface area (Å²) < 4.78 is 44.4. The highest BCUT2D eigenvalue weighted by atomic mass is 19.1. The predicted octanol–water partition coefficient (Wildman–Crippen LogP) is 0.731. The highest BCUT2D eigenvalue weighted by Crippen LogP contribution is 2.43. The van der Waals surface area contributed by atoms with Gasteiger partial charge in [-0.3, -0.25) is 20.4 Å². The molecule has 0 aromatic heterocycles. The summed E-state index contributed by atoms with van der Waals surface area (Å²) in [6, 6.07) is -2.56. The van der Waals surface area contributed by atoms with Crippen LogP contribution in [0.25, 0.3) is 0 Å². The van der Waals surface area contributed by atoms with Crippen LogP contribution >= 0.6 is 0 Å². The van der Waals surface area contributed by atoms with Crippen molar-refractivity contribution in [2.75, 3.05) is 26.3 Å². The fourth-order valence-corrected chi connectivity index (χ4v) is 8.69. The molecular formula is C29H49F2N7O5. The Morgan fingerprint density at radius 3 is 2.56 bits per heavy atom. The first-order valence-corrected chi connectivity index (χ1v) is 16.0. The number of alkyl halides is 2. The molecule has 1 saturated carbocycles. The predicted molar refractivity (Wildman–Crippen MR) is 153 cm³/mol. The lowest BCUT2D eigenvalue weighted by atomic mass is 9.70. The quantitative estimate of drug-likeness (QED) is 0.319. The van der Waals surface area contributed by atoms with Crippen molar-refractivity contribution in [1.82, 2.24) is 30.7 Å². The minimum Gasteiger partial charge on any atom is -0.632 e. The number of hydroxylamine groups is 2. The van der Waals surface area contributed by atoms with E-state index in [2.05, 4.69) is 20.9 Å². The van der Waals surface area contributed by atoms with Gasteiger partial charge in [0.05, 0.1) is 30.1 Å². The number of rotatable bonds is 1. The fourth-order valence-electron chi connectivity index (χ4n) is 8.69. The molecule has 13 unspecified atom stereocenters. The third-order valence-electron chi connectivity index (χ3n) is 10.7.